The van der Waals surface area contributed by atoms with E-state index in [1.165, 1.54) is 5.56 Å². The monoisotopic (exact) mass is 367 g/mol. The molecule has 0 spiro atoms. The summed E-state index contributed by atoms with van der Waals surface area (Å²) in [4.78, 5) is 14.0. The third-order valence-electron chi connectivity index (χ3n) is 4.44. The predicted molar refractivity (Wildman–Crippen MR) is 111 cm³/mol. The van der Waals surface area contributed by atoms with Gasteiger partial charge in [0.1, 0.15) is 0 Å². The second-order valence-corrected chi connectivity index (χ2v) is 6.53. The van der Waals surface area contributed by atoms with Crippen LogP contribution in [0.3, 0.4) is 0 Å². The van der Waals surface area contributed by atoms with Gasteiger partial charge in [0.05, 0.1) is 0 Å². The highest BCUT2D eigenvalue weighted by Crippen LogP contribution is 2.24. The number of benzene rings is 3. The lowest BCUT2D eigenvalue weighted by molar-refractivity contribution is 0.426. The quantitative estimate of drug-likeness (QED) is 0.543. The second-order valence-electron chi connectivity index (χ2n) is 6.53. The highest BCUT2D eigenvalue weighted by atomic mass is 16.4. The van der Waals surface area contributed by atoms with Crippen LogP contribution in [0, 0.1) is 6.92 Å². The van der Waals surface area contributed by atoms with Crippen molar-refractivity contribution in [2.45, 2.75) is 6.92 Å². The topological polar surface area (TPSA) is 79.1 Å². The van der Waals surface area contributed by atoms with Crippen molar-refractivity contribution in [1.82, 2.24) is 15.0 Å². The normalized spacial score (nSPS) is 10.7. The second kappa shape index (κ2) is 7.72. The van der Waals surface area contributed by atoms with Crippen LogP contribution < -0.4 is 5.46 Å². The lowest BCUT2D eigenvalue weighted by Gasteiger charge is -2.09. The summed E-state index contributed by atoms with van der Waals surface area (Å²) in [5.74, 6) is 1.71. The molecule has 0 saturated heterocycles. The average molecular weight is 367 g/mol. The van der Waals surface area contributed by atoms with Crippen LogP contribution in [0.25, 0.3) is 34.2 Å². The fourth-order valence-electron chi connectivity index (χ4n) is 2.86. The molecule has 0 bridgehead atoms. The van der Waals surface area contributed by atoms with Crippen molar-refractivity contribution in [2.24, 2.45) is 0 Å². The molecule has 136 valence electrons. The number of aryl methyl sites for hydroxylation is 1. The fraction of sp³-hybridized carbons (Fsp3) is 0.0455. The summed E-state index contributed by atoms with van der Waals surface area (Å²) in [6.45, 7) is 2.04. The van der Waals surface area contributed by atoms with Gasteiger partial charge < -0.3 is 10.0 Å². The van der Waals surface area contributed by atoms with Gasteiger partial charge in [-0.3, -0.25) is 0 Å². The number of hydrogen-bond acceptors (Lipinski definition) is 5. The molecular formula is C22H18BN3O2. The van der Waals surface area contributed by atoms with Crippen molar-refractivity contribution in [3.8, 4) is 34.2 Å². The van der Waals surface area contributed by atoms with Gasteiger partial charge >= 0.3 is 7.12 Å². The van der Waals surface area contributed by atoms with Gasteiger partial charge in [-0.25, -0.2) is 15.0 Å². The number of aromatic nitrogens is 3. The predicted octanol–water partition coefficient (Wildman–Crippen LogP) is 2.86. The standard InChI is InChI=1S/C22H18BN3O2/c1-15-7-9-17(10-8-15)21-24-20(16-5-3-2-4-6-16)25-22(26-21)18-11-13-19(14-12-18)23(27)28/h2-14,27-28H,1H3. The molecule has 0 aliphatic rings. The van der Waals surface area contributed by atoms with E-state index in [0.29, 0.717) is 22.9 Å². The summed E-state index contributed by atoms with van der Waals surface area (Å²) >= 11 is 0. The zero-order chi connectivity index (χ0) is 19.5. The molecule has 0 aliphatic heterocycles. The molecule has 6 heteroatoms. The van der Waals surface area contributed by atoms with Crippen molar-refractivity contribution < 1.29 is 10.0 Å². The lowest BCUT2D eigenvalue weighted by atomic mass is 9.80. The Morgan fingerprint density at radius 2 is 1.00 bits per heavy atom. The van der Waals surface area contributed by atoms with Crippen LogP contribution in [-0.2, 0) is 0 Å². The summed E-state index contributed by atoms with van der Waals surface area (Å²) in [5, 5.41) is 18.6. The van der Waals surface area contributed by atoms with Crippen LogP contribution in [0.5, 0.6) is 0 Å². The lowest BCUT2D eigenvalue weighted by Crippen LogP contribution is -2.29. The average Bonchev–Trinajstić information content (AvgIpc) is 2.74. The van der Waals surface area contributed by atoms with Crippen LogP contribution in [-0.4, -0.2) is 32.1 Å². The fourth-order valence-corrected chi connectivity index (χ4v) is 2.86. The highest BCUT2D eigenvalue weighted by molar-refractivity contribution is 6.58. The molecular weight excluding hydrogens is 349 g/mol. The van der Waals surface area contributed by atoms with E-state index in [1.807, 2.05) is 61.5 Å². The molecule has 2 N–H and O–H groups in total. The molecule has 0 saturated carbocycles. The molecule has 0 amide bonds. The van der Waals surface area contributed by atoms with Gasteiger partial charge in [-0.2, -0.15) is 0 Å². The minimum Gasteiger partial charge on any atom is -0.423 e. The highest BCUT2D eigenvalue weighted by Gasteiger charge is 2.14. The van der Waals surface area contributed by atoms with E-state index in [-0.39, 0.29) is 0 Å². The van der Waals surface area contributed by atoms with E-state index < -0.39 is 7.12 Å². The Morgan fingerprint density at radius 1 is 0.571 bits per heavy atom. The van der Waals surface area contributed by atoms with Gasteiger partial charge in [0.25, 0.3) is 0 Å². The number of hydrogen-bond donors (Lipinski definition) is 2. The Morgan fingerprint density at radius 3 is 1.46 bits per heavy atom. The van der Waals surface area contributed by atoms with Crippen molar-refractivity contribution in [3.05, 3.63) is 84.4 Å². The third kappa shape index (κ3) is 3.83. The maximum atomic E-state index is 9.31. The molecule has 1 heterocycles. The molecule has 4 aromatic rings. The van der Waals surface area contributed by atoms with Gasteiger partial charge in [0, 0.05) is 16.7 Å². The van der Waals surface area contributed by atoms with Gasteiger partial charge in [-0.15, -0.1) is 0 Å². The molecule has 0 fully saturated rings. The van der Waals surface area contributed by atoms with E-state index in [0.717, 1.165) is 16.7 Å². The first-order chi connectivity index (χ1) is 13.6. The number of rotatable bonds is 4. The maximum absolute atomic E-state index is 9.31. The van der Waals surface area contributed by atoms with Crippen LogP contribution in [0.2, 0.25) is 0 Å². The molecule has 5 nitrogen and oxygen atoms in total. The van der Waals surface area contributed by atoms with Crippen molar-refractivity contribution in [1.29, 1.82) is 0 Å². The molecule has 4 rings (SSSR count). The molecule has 1 aromatic heterocycles. The van der Waals surface area contributed by atoms with Crippen LogP contribution in [0.4, 0.5) is 0 Å². The summed E-state index contributed by atoms with van der Waals surface area (Å²) in [5.41, 5.74) is 4.17. The van der Waals surface area contributed by atoms with E-state index in [1.54, 1.807) is 24.3 Å². The molecule has 0 atom stereocenters. The van der Waals surface area contributed by atoms with E-state index in [2.05, 4.69) is 15.0 Å². The minimum absolute atomic E-state index is 0.417. The molecule has 0 radical (unpaired) electrons. The SMILES string of the molecule is Cc1ccc(-c2nc(-c3ccccc3)nc(-c3ccc(B(O)O)cc3)n2)cc1. The molecule has 28 heavy (non-hydrogen) atoms. The molecule has 3 aromatic carbocycles. The Kier molecular flexibility index (Phi) is 4.97. The smallest absolute Gasteiger partial charge is 0.423 e. The summed E-state index contributed by atoms with van der Waals surface area (Å²) in [6, 6.07) is 24.7. The van der Waals surface area contributed by atoms with Crippen molar-refractivity contribution in [3.63, 3.8) is 0 Å². The van der Waals surface area contributed by atoms with E-state index in [9.17, 15) is 10.0 Å². The van der Waals surface area contributed by atoms with Gasteiger partial charge in [0.15, 0.2) is 17.5 Å². The van der Waals surface area contributed by atoms with Crippen LogP contribution in [0.15, 0.2) is 78.9 Å². The Balaban J connectivity index is 1.85. The Labute approximate surface area is 163 Å². The first-order valence-electron chi connectivity index (χ1n) is 8.95. The zero-order valence-electron chi connectivity index (χ0n) is 15.3. The first-order valence-corrected chi connectivity index (χ1v) is 8.95. The number of nitrogens with zero attached hydrogens (tertiary/aromatic N) is 3. The van der Waals surface area contributed by atoms with Gasteiger partial charge in [-0.1, -0.05) is 84.4 Å². The van der Waals surface area contributed by atoms with Crippen molar-refractivity contribution in [2.75, 3.05) is 0 Å². The van der Waals surface area contributed by atoms with Gasteiger partial charge in [0.2, 0.25) is 0 Å². The summed E-state index contributed by atoms with van der Waals surface area (Å²) in [7, 11) is -1.50. The third-order valence-corrected chi connectivity index (χ3v) is 4.44. The van der Waals surface area contributed by atoms with Crippen molar-refractivity contribution >= 4 is 12.6 Å². The van der Waals surface area contributed by atoms with E-state index in [4.69, 9.17) is 0 Å². The minimum atomic E-state index is -1.50. The van der Waals surface area contributed by atoms with E-state index >= 15 is 0 Å². The van der Waals surface area contributed by atoms with Crippen LogP contribution in [0.1, 0.15) is 5.56 Å². The molecule has 0 aliphatic carbocycles. The maximum Gasteiger partial charge on any atom is 0.488 e. The summed E-state index contributed by atoms with van der Waals surface area (Å²) < 4.78 is 0. The first kappa shape index (κ1) is 18.0. The summed E-state index contributed by atoms with van der Waals surface area (Å²) in [6.07, 6.45) is 0. The van der Waals surface area contributed by atoms with Crippen LogP contribution >= 0.6 is 0 Å². The van der Waals surface area contributed by atoms with Gasteiger partial charge in [-0.05, 0) is 12.4 Å². The Hall–Kier alpha value is -3.35. The Bertz CT molecular complexity index is 1080. The zero-order valence-corrected chi connectivity index (χ0v) is 15.3. The largest absolute Gasteiger partial charge is 0.488 e. The molecule has 0 unspecified atom stereocenters.